The Balaban J connectivity index is 2.59. The Morgan fingerprint density at radius 3 is 2.43 bits per heavy atom. The Morgan fingerprint density at radius 1 is 1.29 bits per heavy atom. The topological polar surface area (TPSA) is 12.0 Å². The van der Waals surface area contributed by atoms with E-state index in [9.17, 15) is 0 Å². The maximum Gasteiger partial charge on any atom is 0.0390 e. The first-order chi connectivity index (χ1) is 6.77. The van der Waals surface area contributed by atoms with Gasteiger partial charge in [0.2, 0.25) is 0 Å². The van der Waals surface area contributed by atoms with Crippen molar-refractivity contribution in [1.29, 1.82) is 0 Å². The van der Waals surface area contributed by atoms with Crippen molar-refractivity contribution < 1.29 is 0 Å². The second-order valence-electron chi connectivity index (χ2n) is 3.64. The van der Waals surface area contributed by atoms with Gasteiger partial charge < -0.3 is 5.32 Å². The van der Waals surface area contributed by atoms with Crippen LogP contribution in [0.2, 0.25) is 0 Å². The van der Waals surface area contributed by atoms with Gasteiger partial charge in [0.15, 0.2) is 0 Å². The molecule has 2 heteroatoms. The average molecular weight is 209 g/mol. The Hall–Kier alpha value is -0.470. The molecule has 1 N–H and O–H groups in total. The molecule has 0 saturated heterocycles. The minimum Gasteiger partial charge on any atom is -0.304 e. The van der Waals surface area contributed by atoms with Crippen molar-refractivity contribution in [1.82, 2.24) is 5.32 Å². The van der Waals surface area contributed by atoms with E-state index in [1.165, 1.54) is 17.5 Å². The van der Waals surface area contributed by atoms with E-state index in [2.05, 4.69) is 56.1 Å². The van der Waals surface area contributed by atoms with Gasteiger partial charge in [-0.2, -0.15) is 12.6 Å². The van der Waals surface area contributed by atoms with E-state index in [1.807, 2.05) is 0 Å². The van der Waals surface area contributed by atoms with Crippen LogP contribution in [0.3, 0.4) is 0 Å². The average Bonchev–Trinajstić information content (AvgIpc) is 2.26. The van der Waals surface area contributed by atoms with E-state index in [-0.39, 0.29) is 0 Å². The fraction of sp³-hybridized carbons (Fsp3) is 0.500. The van der Waals surface area contributed by atoms with Crippen molar-refractivity contribution in [3.05, 3.63) is 35.4 Å². The Morgan fingerprint density at radius 2 is 1.93 bits per heavy atom. The van der Waals surface area contributed by atoms with Gasteiger partial charge in [-0.1, -0.05) is 38.1 Å². The molecule has 1 unspecified atom stereocenters. The molecule has 0 aliphatic carbocycles. The predicted octanol–water partition coefficient (Wildman–Crippen LogP) is 3.18. The van der Waals surface area contributed by atoms with Gasteiger partial charge in [-0.05, 0) is 23.5 Å². The lowest BCUT2D eigenvalue weighted by molar-refractivity contribution is 0.731. The highest BCUT2D eigenvalue weighted by Crippen LogP contribution is 2.18. The van der Waals surface area contributed by atoms with Crippen LogP contribution in [0.4, 0.5) is 0 Å². The molecule has 0 saturated carbocycles. The van der Waals surface area contributed by atoms with Crippen molar-refractivity contribution in [2.75, 3.05) is 5.88 Å². The summed E-state index contributed by atoms with van der Waals surface area (Å²) in [6, 6.07) is 8.84. The van der Waals surface area contributed by atoms with E-state index >= 15 is 0 Å². The Kier molecular flexibility index (Phi) is 5.05. The standard InChI is InChI=1S/C12H19NS/c1-3-10(2)12-6-4-11(5-7-12)8-13-9-14/h4-7,10,13-14H,3,8-9H2,1-2H3. The Bertz CT molecular complexity index is 256. The number of nitrogens with one attached hydrogen (secondary N) is 1. The first kappa shape index (κ1) is 11.6. The lowest BCUT2D eigenvalue weighted by atomic mass is 9.98. The molecule has 0 spiro atoms. The summed E-state index contributed by atoms with van der Waals surface area (Å²) >= 11 is 4.11. The molecule has 1 aromatic rings. The highest BCUT2D eigenvalue weighted by molar-refractivity contribution is 7.80. The minimum atomic E-state index is 0.668. The molecule has 0 aromatic heterocycles. The molecule has 1 aromatic carbocycles. The zero-order valence-corrected chi connectivity index (χ0v) is 9.85. The van der Waals surface area contributed by atoms with Gasteiger partial charge in [0.25, 0.3) is 0 Å². The molecule has 0 radical (unpaired) electrons. The van der Waals surface area contributed by atoms with Crippen LogP contribution in [-0.2, 0) is 6.54 Å². The van der Waals surface area contributed by atoms with Crippen molar-refractivity contribution in [2.24, 2.45) is 0 Å². The molecule has 1 rings (SSSR count). The highest BCUT2D eigenvalue weighted by Gasteiger charge is 2.01. The van der Waals surface area contributed by atoms with Crippen LogP contribution in [0.15, 0.2) is 24.3 Å². The summed E-state index contributed by atoms with van der Waals surface area (Å²) in [5, 5.41) is 3.19. The summed E-state index contributed by atoms with van der Waals surface area (Å²) in [7, 11) is 0. The van der Waals surface area contributed by atoms with E-state index in [1.54, 1.807) is 0 Å². The third kappa shape index (κ3) is 3.35. The van der Waals surface area contributed by atoms with Crippen LogP contribution in [0.5, 0.6) is 0 Å². The lowest BCUT2D eigenvalue weighted by Crippen LogP contribution is -2.10. The van der Waals surface area contributed by atoms with Crippen LogP contribution >= 0.6 is 12.6 Å². The number of hydrogen-bond donors (Lipinski definition) is 2. The van der Waals surface area contributed by atoms with Gasteiger partial charge in [-0.25, -0.2) is 0 Å². The SMILES string of the molecule is CCC(C)c1ccc(CNCS)cc1. The van der Waals surface area contributed by atoms with Crippen molar-refractivity contribution in [2.45, 2.75) is 32.7 Å². The zero-order chi connectivity index (χ0) is 10.4. The van der Waals surface area contributed by atoms with Crippen LogP contribution in [0.1, 0.15) is 37.3 Å². The fourth-order valence-electron chi connectivity index (χ4n) is 1.40. The summed E-state index contributed by atoms with van der Waals surface area (Å²) in [5.41, 5.74) is 2.76. The largest absolute Gasteiger partial charge is 0.304 e. The van der Waals surface area contributed by atoms with Gasteiger partial charge in [0.05, 0.1) is 0 Å². The van der Waals surface area contributed by atoms with Gasteiger partial charge in [0, 0.05) is 12.4 Å². The van der Waals surface area contributed by atoms with Gasteiger partial charge in [-0.3, -0.25) is 0 Å². The highest BCUT2D eigenvalue weighted by atomic mass is 32.1. The van der Waals surface area contributed by atoms with E-state index < -0.39 is 0 Å². The quantitative estimate of drug-likeness (QED) is 0.560. The predicted molar refractivity (Wildman–Crippen MR) is 65.8 cm³/mol. The van der Waals surface area contributed by atoms with Gasteiger partial charge >= 0.3 is 0 Å². The van der Waals surface area contributed by atoms with Gasteiger partial charge in [-0.15, -0.1) is 0 Å². The molecule has 14 heavy (non-hydrogen) atoms. The van der Waals surface area contributed by atoms with Gasteiger partial charge in [0.1, 0.15) is 0 Å². The van der Waals surface area contributed by atoms with E-state index in [0.29, 0.717) is 5.92 Å². The second-order valence-corrected chi connectivity index (χ2v) is 3.95. The molecule has 0 aliphatic rings. The molecular weight excluding hydrogens is 190 g/mol. The van der Waals surface area contributed by atoms with E-state index in [4.69, 9.17) is 0 Å². The Labute approximate surface area is 92.3 Å². The molecule has 0 fully saturated rings. The molecule has 0 amide bonds. The first-order valence-corrected chi connectivity index (χ1v) is 5.81. The van der Waals surface area contributed by atoms with E-state index in [0.717, 1.165) is 12.4 Å². The van der Waals surface area contributed by atoms with Crippen LogP contribution in [0, 0.1) is 0 Å². The molecule has 0 aliphatic heterocycles. The van der Waals surface area contributed by atoms with Crippen LogP contribution < -0.4 is 5.32 Å². The fourth-order valence-corrected chi connectivity index (χ4v) is 1.51. The minimum absolute atomic E-state index is 0.668. The van der Waals surface area contributed by atoms with Crippen LogP contribution in [-0.4, -0.2) is 5.88 Å². The number of hydrogen-bond acceptors (Lipinski definition) is 2. The number of rotatable bonds is 5. The summed E-state index contributed by atoms with van der Waals surface area (Å²) < 4.78 is 0. The third-order valence-corrected chi connectivity index (χ3v) is 2.83. The monoisotopic (exact) mass is 209 g/mol. The van der Waals surface area contributed by atoms with Crippen LogP contribution in [0.25, 0.3) is 0 Å². The normalized spacial score (nSPS) is 12.8. The second kappa shape index (κ2) is 6.10. The molecule has 1 nitrogen and oxygen atoms in total. The molecule has 1 atom stereocenters. The maximum absolute atomic E-state index is 4.11. The van der Waals surface area contributed by atoms with Crippen molar-refractivity contribution in [3.63, 3.8) is 0 Å². The summed E-state index contributed by atoms with van der Waals surface area (Å²) in [6.07, 6.45) is 1.20. The van der Waals surface area contributed by atoms with Crippen molar-refractivity contribution in [3.8, 4) is 0 Å². The smallest absolute Gasteiger partial charge is 0.0390 e. The first-order valence-electron chi connectivity index (χ1n) is 5.18. The molecule has 0 heterocycles. The third-order valence-electron chi connectivity index (χ3n) is 2.60. The molecular formula is C12H19NS. The summed E-state index contributed by atoms with van der Waals surface area (Å²) in [5.74, 6) is 1.40. The van der Waals surface area contributed by atoms with Crippen molar-refractivity contribution >= 4 is 12.6 Å². The number of thiol groups is 1. The zero-order valence-electron chi connectivity index (χ0n) is 8.96. The molecule has 0 bridgehead atoms. The summed E-state index contributed by atoms with van der Waals surface area (Å²) in [4.78, 5) is 0. The summed E-state index contributed by atoms with van der Waals surface area (Å²) in [6.45, 7) is 5.40. The molecule has 78 valence electrons. The number of benzene rings is 1. The lowest BCUT2D eigenvalue weighted by Gasteiger charge is -2.09. The maximum atomic E-state index is 4.11.